The SMILES string of the molecule is CC(NC(=O)c1ccccc1NC(=O)CSc1n[nH]c(-c2cccs2)n1)c1ccccc1. The normalized spacial score (nSPS) is 11.7. The third-order valence-corrected chi connectivity index (χ3v) is 6.37. The Labute approximate surface area is 193 Å². The zero-order valence-electron chi connectivity index (χ0n) is 17.2. The maximum atomic E-state index is 12.8. The van der Waals surface area contributed by atoms with E-state index in [2.05, 4.69) is 25.8 Å². The number of benzene rings is 2. The summed E-state index contributed by atoms with van der Waals surface area (Å²) >= 11 is 2.79. The van der Waals surface area contributed by atoms with Crippen LogP contribution in [0.3, 0.4) is 0 Å². The summed E-state index contributed by atoms with van der Waals surface area (Å²) in [5, 5.41) is 15.3. The monoisotopic (exact) mass is 463 g/mol. The molecule has 2 amide bonds. The van der Waals surface area contributed by atoms with Crippen LogP contribution in [0.1, 0.15) is 28.9 Å². The molecule has 0 saturated heterocycles. The molecule has 0 aliphatic carbocycles. The van der Waals surface area contributed by atoms with Crippen molar-refractivity contribution < 1.29 is 9.59 Å². The van der Waals surface area contributed by atoms with Crippen molar-refractivity contribution in [1.82, 2.24) is 20.5 Å². The van der Waals surface area contributed by atoms with E-state index in [1.54, 1.807) is 35.6 Å². The molecule has 32 heavy (non-hydrogen) atoms. The molecule has 2 heterocycles. The number of nitrogens with zero attached hydrogens (tertiary/aromatic N) is 2. The average Bonchev–Trinajstić information content (AvgIpc) is 3.51. The van der Waals surface area contributed by atoms with Gasteiger partial charge in [0.2, 0.25) is 11.1 Å². The van der Waals surface area contributed by atoms with E-state index in [4.69, 9.17) is 0 Å². The Morgan fingerprint density at radius 2 is 1.84 bits per heavy atom. The minimum Gasteiger partial charge on any atom is -0.345 e. The summed E-state index contributed by atoms with van der Waals surface area (Å²) in [7, 11) is 0. The molecule has 162 valence electrons. The Morgan fingerprint density at radius 3 is 2.62 bits per heavy atom. The van der Waals surface area contributed by atoms with Crippen LogP contribution in [0.5, 0.6) is 0 Å². The lowest BCUT2D eigenvalue weighted by atomic mass is 10.1. The maximum Gasteiger partial charge on any atom is 0.253 e. The number of anilines is 1. The van der Waals surface area contributed by atoms with Crippen LogP contribution in [0.4, 0.5) is 5.69 Å². The number of thioether (sulfide) groups is 1. The number of aromatic amines is 1. The molecule has 1 atom stereocenters. The minimum absolute atomic E-state index is 0.123. The van der Waals surface area contributed by atoms with Crippen LogP contribution >= 0.6 is 23.1 Å². The van der Waals surface area contributed by atoms with E-state index in [1.165, 1.54) is 11.8 Å². The molecule has 9 heteroatoms. The zero-order valence-corrected chi connectivity index (χ0v) is 18.9. The molecule has 0 bridgehead atoms. The molecule has 0 aliphatic rings. The van der Waals surface area contributed by atoms with Crippen LogP contribution in [-0.2, 0) is 4.79 Å². The first-order valence-corrected chi connectivity index (χ1v) is 11.8. The second kappa shape index (κ2) is 10.3. The molecule has 0 fully saturated rings. The van der Waals surface area contributed by atoms with Gasteiger partial charge in [0.05, 0.1) is 27.9 Å². The van der Waals surface area contributed by atoms with Gasteiger partial charge in [0.25, 0.3) is 5.91 Å². The van der Waals surface area contributed by atoms with Crippen LogP contribution in [-0.4, -0.2) is 32.7 Å². The number of thiophene rings is 1. The number of aromatic nitrogens is 3. The molecule has 0 saturated carbocycles. The Balaban J connectivity index is 1.36. The van der Waals surface area contributed by atoms with Crippen molar-refractivity contribution >= 4 is 40.6 Å². The third-order valence-electron chi connectivity index (χ3n) is 4.64. The molecular weight excluding hydrogens is 442 g/mol. The van der Waals surface area contributed by atoms with Crippen LogP contribution in [0, 0.1) is 0 Å². The van der Waals surface area contributed by atoms with E-state index in [1.807, 2.05) is 54.8 Å². The van der Waals surface area contributed by atoms with Crippen molar-refractivity contribution in [1.29, 1.82) is 0 Å². The Morgan fingerprint density at radius 1 is 1.06 bits per heavy atom. The fourth-order valence-electron chi connectivity index (χ4n) is 3.04. The van der Waals surface area contributed by atoms with Crippen LogP contribution in [0.2, 0.25) is 0 Å². The number of hydrogen-bond donors (Lipinski definition) is 3. The van der Waals surface area contributed by atoms with Crippen LogP contribution in [0.15, 0.2) is 77.3 Å². The van der Waals surface area contributed by atoms with Gasteiger partial charge in [0, 0.05) is 0 Å². The van der Waals surface area contributed by atoms with Gasteiger partial charge in [-0.25, -0.2) is 4.98 Å². The molecule has 2 aromatic heterocycles. The third kappa shape index (κ3) is 5.43. The smallest absolute Gasteiger partial charge is 0.253 e. The highest BCUT2D eigenvalue weighted by Crippen LogP contribution is 2.23. The van der Waals surface area contributed by atoms with E-state index in [9.17, 15) is 9.59 Å². The predicted octanol–water partition coefficient (Wildman–Crippen LogP) is 4.76. The maximum absolute atomic E-state index is 12.8. The van der Waals surface area contributed by atoms with Crippen molar-refractivity contribution in [3.05, 3.63) is 83.2 Å². The molecule has 0 radical (unpaired) electrons. The number of para-hydroxylation sites is 1. The number of nitrogens with one attached hydrogen (secondary N) is 3. The highest BCUT2D eigenvalue weighted by Gasteiger charge is 2.16. The Bertz CT molecular complexity index is 1190. The molecule has 7 nitrogen and oxygen atoms in total. The van der Waals surface area contributed by atoms with Crippen LogP contribution in [0.25, 0.3) is 10.7 Å². The summed E-state index contributed by atoms with van der Waals surface area (Å²) in [6.45, 7) is 1.92. The topological polar surface area (TPSA) is 99.8 Å². The lowest BCUT2D eigenvalue weighted by molar-refractivity contribution is -0.113. The fraction of sp³-hybridized carbons (Fsp3) is 0.130. The molecule has 2 aromatic carbocycles. The first-order chi connectivity index (χ1) is 15.6. The van der Waals surface area contributed by atoms with E-state index >= 15 is 0 Å². The van der Waals surface area contributed by atoms with E-state index < -0.39 is 0 Å². The molecule has 0 aliphatic heterocycles. The fourth-order valence-corrected chi connectivity index (χ4v) is 4.30. The quantitative estimate of drug-likeness (QED) is 0.327. The van der Waals surface area contributed by atoms with Gasteiger partial charge in [-0.2, -0.15) is 0 Å². The molecular formula is C23H21N5O2S2. The highest BCUT2D eigenvalue weighted by molar-refractivity contribution is 7.99. The number of carbonyl (C=O) groups excluding carboxylic acids is 2. The zero-order chi connectivity index (χ0) is 22.3. The molecule has 4 aromatic rings. The van der Waals surface area contributed by atoms with Crippen molar-refractivity contribution in [3.8, 4) is 10.7 Å². The lowest BCUT2D eigenvalue weighted by Crippen LogP contribution is -2.28. The summed E-state index contributed by atoms with van der Waals surface area (Å²) in [5.74, 6) is 0.309. The lowest BCUT2D eigenvalue weighted by Gasteiger charge is -2.16. The number of hydrogen-bond acceptors (Lipinski definition) is 6. The second-order valence-electron chi connectivity index (χ2n) is 6.93. The van der Waals surface area contributed by atoms with Gasteiger partial charge in [-0.05, 0) is 36.1 Å². The van der Waals surface area contributed by atoms with E-state index in [0.717, 1.165) is 10.4 Å². The largest absolute Gasteiger partial charge is 0.345 e. The summed E-state index contributed by atoms with van der Waals surface area (Å²) in [5.41, 5.74) is 1.88. The van der Waals surface area contributed by atoms with Gasteiger partial charge >= 0.3 is 0 Å². The van der Waals surface area contributed by atoms with Gasteiger partial charge in [0.1, 0.15) is 0 Å². The second-order valence-corrected chi connectivity index (χ2v) is 8.82. The number of carbonyl (C=O) groups is 2. The molecule has 1 unspecified atom stereocenters. The standard InChI is InChI=1S/C23H21N5O2S2/c1-15(16-8-3-2-4-9-16)24-22(30)17-10-5-6-11-18(17)25-20(29)14-32-23-26-21(27-28-23)19-12-7-13-31-19/h2-13,15H,14H2,1H3,(H,24,30)(H,25,29)(H,26,27,28). The molecule has 3 N–H and O–H groups in total. The summed E-state index contributed by atoms with van der Waals surface area (Å²) in [6.07, 6.45) is 0. The van der Waals surface area contributed by atoms with Gasteiger partial charge in [-0.1, -0.05) is 60.3 Å². The van der Waals surface area contributed by atoms with Gasteiger partial charge < -0.3 is 10.6 Å². The average molecular weight is 464 g/mol. The van der Waals surface area contributed by atoms with Crippen LogP contribution < -0.4 is 10.6 Å². The van der Waals surface area contributed by atoms with Crippen molar-refractivity contribution in [3.63, 3.8) is 0 Å². The van der Waals surface area contributed by atoms with Crippen molar-refractivity contribution in [2.45, 2.75) is 18.1 Å². The summed E-state index contributed by atoms with van der Waals surface area (Å²) in [6, 6.07) is 20.4. The Kier molecular flexibility index (Phi) is 6.98. The summed E-state index contributed by atoms with van der Waals surface area (Å²) in [4.78, 5) is 30.7. The Hall–Kier alpha value is -3.43. The molecule has 4 rings (SSSR count). The first-order valence-electron chi connectivity index (χ1n) is 9.94. The number of amides is 2. The first kappa shape index (κ1) is 21.8. The van der Waals surface area contributed by atoms with E-state index in [-0.39, 0.29) is 23.6 Å². The number of rotatable bonds is 8. The molecule has 0 spiro atoms. The number of H-pyrrole nitrogens is 1. The van der Waals surface area contributed by atoms with Gasteiger partial charge in [-0.3, -0.25) is 14.7 Å². The summed E-state index contributed by atoms with van der Waals surface area (Å²) < 4.78 is 0. The van der Waals surface area contributed by atoms with E-state index in [0.29, 0.717) is 22.2 Å². The van der Waals surface area contributed by atoms with Crippen molar-refractivity contribution in [2.24, 2.45) is 0 Å². The predicted molar refractivity (Wildman–Crippen MR) is 128 cm³/mol. The van der Waals surface area contributed by atoms with Gasteiger partial charge in [0.15, 0.2) is 5.82 Å². The van der Waals surface area contributed by atoms with Gasteiger partial charge in [-0.15, -0.1) is 16.4 Å². The highest BCUT2D eigenvalue weighted by atomic mass is 32.2. The van der Waals surface area contributed by atoms with Crippen molar-refractivity contribution in [2.75, 3.05) is 11.1 Å². The minimum atomic E-state index is -0.250.